The minimum Gasteiger partial charge on any atom is -0.497 e. The monoisotopic (exact) mass is 291 g/mol. The van der Waals surface area contributed by atoms with Crippen LogP contribution in [-0.2, 0) is 6.54 Å². The largest absolute Gasteiger partial charge is 0.497 e. The lowest BCUT2D eigenvalue weighted by Gasteiger charge is -2.11. The Labute approximate surface area is 121 Å². The van der Waals surface area contributed by atoms with E-state index in [9.17, 15) is 9.90 Å². The summed E-state index contributed by atoms with van der Waals surface area (Å²) in [6.45, 7) is 2.21. The number of carboxylic acid groups (broad SMARTS) is 1. The third-order valence-electron chi connectivity index (χ3n) is 3.08. The average Bonchev–Trinajstić information content (AvgIpc) is 2.91. The number of ether oxygens (including phenoxy) is 1. The Balaban J connectivity index is 2.52. The van der Waals surface area contributed by atoms with E-state index in [2.05, 4.69) is 10.3 Å². The number of aliphatic hydroxyl groups is 1. The van der Waals surface area contributed by atoms with Crippen molar-refractivity contribution in [1.29, 1.82) is 0 Å². The molecule has 1 aromatic carbocycles. The molecule has 0 spiro atoms. The van der Waals surface area contributed by atoms with Gasteiger partial charge in [0.1, 0.15) is 11.4 Å². The van der Waals surface area contributed by atoms with Gasteiger partial charge in [-0.15, -0.1) is 5.10 Å². The van der Waals surface area contributed by atoms with E-state index in [0.717, 1.165) is 0 Å². The van der Waals surface area contributed by atoms with Crippen LogP contribution in [0.3, 0.4) is 0 Å². The summed E-state index contributed by atoms with van der Waals surface area (Å²) < 4.78 is 6.66. The fraction of sp³-hybridized carbons (Fsp3) is 0.357. The van der Waals surface area contributed by atoms with Gasteiger partial charge in [-0.3, -0.25) is 0 Å². The maximum absolute atomic E-state index is 11.3. The number of carbonyl (C=O) groups is 1. The van der Waals surface area contributed by atoms with E-state index in [0.29, 0.717) is 23.6 Å². The first-order chi connectivity index (χ1) is 10.1. The van der Waals surface area contributed by atoms with Crippen molar-refractivity contribution < 1.29 is 19.7 Å². The molecule has 0 fully saturated rings. The summed E-state index contributed by atoms with van der Waals surface area (Å²) >= 11 is 0. The van der Waals surface area contributed by atoms with Crippen molar-refractivity contribution in [3.05, 3.63) is 30.0 Å². The first-order valence-corrected chi connectivity index (χ1v) is 6.48. The van der Waals surface area contributed by atoms with Crippen LogP contribution in [0.1, 0.15) is 17.4 Å². The molecule has 1 atom stereocenters. The van der Waals surface area contributed by atoms with Gasteiger partial charge in [0.05, 0.1) is 7.11 Å². The van der Waals surface area contributed by atoms with Gasteiger partial charge in [0.2, 0.25) is 0 Å². The van der Waals surface area contributed by atoms with Crippen LogP contribution in [0.5, 0.6) is 5.75 Å². The van der Waals surface area contributed by atoms with Crippen molar-refractivity contribution in [3.63, 3.8) is 0 Å². The number of rotatable bonds is 6. The molecule has 1 aromatic heterocycles. The lowest BCUT2D eigenvalue weighted by Crippen LogP contribution is -2.14. The molecule has 0 bridgehead atoms. The van der Waals surface area contributed by atoms with Gasteiger partial charge in [-0.1, -0.05) is 24.3 Å². The molecule has 2 rings (SSSR count). The number of benzene rings is 1. The smallest absolute Gasteiger partial charge is 0.358 e. The highest BCUT2D eigenvalue weighted by atomic mass is 16.5. The summed E-state index contributed by atoms with van der Waals surface area (Å²) in [6.07, 6.45) is 0. The van der Waals surface area contributed by atoms with Crippen molar-refractivity contribution >= 4 is 5.97 Å². The number of hydrogen-bond acceptors (Lipinski definition) is 5. The van der Waals surface area contributed by atoms with Crippen LogP contribution in [0.25, 0.3) is 11.3 Å². The molecule has 0 amide bonds. The molecule has 2 aromatic rings. The zero-order valence-corrected chi connectivity index (χ0v) is 11.9. The normalized spacial score (nSPS) is 12.1. The van der Waals surface area contributed by atoms with Crippen LogP contribution in [0.2, 0.25) is 0 Å². The van der Waals surface area contributed by atoms with E-state index < -0.39 is 5.97 Å². The molecule has 0 aliphatic heterocycles. The van der Waals surface area contributed by atoms with Gasteiger partial charge >= 0.3 is 5.97 Å². The minimum absolute atomic E-state index is 0.0141. The van der Waals surface area contributed by atoms with Gasteiger partial charge in [0.15, 0.2) is 5.69 Å². The fourth-order valence-electron chi connectivity index (χ4n) is 1.99. The SMILES string of the molecule is COc1cccc(-c2c(C(=O)O)nnn2CC(C)CO)c1. The molecule has 0 aliphatic rings. The van der Waals surface area contributed by atoms with Crippen molar-refractivity contribution in [3.8, 4) is 17.0 Å². The van der Waals surface area contributed by atoms with Crippen LogP contribution < -0.4 is 4.74 Å². The molecular weight excluding hydrogens is 274 g/mol. The third-order valence-corrected chi connectivity index (χ3v) is 3.08. The second-order valence-corrected chi connectivity index (χ2v) is 4.79. The Morgan fingerprint density at radius 1 is 1.48 bits per heavy atom. The number of aliphatic hydroxyl groups excluding tert-OH is 1. The number of carboxylic acids is 1. The first kappa shape index (κ1) is 15.0. The lowest BCUT2D eigenvalue weighted by atomic mass is 10.1. The number of nitrogens with zero attached hydrogens (tertiary/aromatic N) is 3. The highest BCUT2D eigenvalue weighted by Crippen LogP contribution is 2.26. The molecule has 0 radical (unpaired) electrons. The van der Waals surface area contributed by atoms with Crippen LogP contribution in [0, 0.1) is 5.92 Å². The molecule has 0 aliphatic carbocycles. The Morgan fingerprint density at radius 2 is 2.24 bits per heavy atom. The van der Waals surface area contributed by atoms with E-state index in [4.69, 9.17) is 9.84 Å². The van der Waals surface area contributed by atoms with Gasteiger partial charge < -0.3 is 14.9 Å². The third kappa shape index (κ3) is 3.19. The number of aromatic carboxylic acids is 1. The van der Waals surface area contributed by atoms with Crippen LogP contribution in [-0.4, -0.2) is 44.9 Å². The zero-order chi connectivity index (χ0) is 15.4. The van der Waals surface area contributed by atoms with Crippen LogP contribution in [0.4, 0.5) is 0 Å². The van der Waals surface area contributed by atoms with Gasteiger partial charge in [0, 0.05) is 18.7 Å². The zero-order valence-electron chi connectivity index (χ0n) is 11.9. The van der Waals surface area contributed by atoms with Gasteiger partial charge in [-0.05, 0) is 18.1 Å². The van der Waals surface area contributed by atoms with Gasteiger partial charge in [-0.2, -0.15) is 0 Å². The van der Waals surface area contributed by atoms with Crippen LogP contribution >= 0.6 is 0 Å². The number of aromatic nitrogens is 3. The number of hydrogen-bond donors (Lipinski definition) is 2. The Kier molecular flexibility index (Phi) is 4.54. The van der Waals surface area contributed by atoms with E-state index in [1.54, 1.807) is 31.4 Å². The standard InChI is InChI=1S/C14H17N3O4/c1-9(8-18)7-17-13(12(14(19)20)15-16-17)10-4-3-5-11(6-10)21-2/h3-6,9,18H,7-8H2,1-2H3,(H,19,20). The van der Waals surface area contributed by atoms with Crippen LogP contribution in [0.15, 0.2) is 24.3 Å². The Hall–Kier alpha value is -2.41. The second kappa shape index (κ2) is 6.36. The van der Waals surface area contributed by atoms with Crippen molar-refractivity contribution in [2.45, 2.75) is 13.5 Å². The fourth-order valence-corrected chi connectivity index (χ4v) is 1.99. The molecule has 0 saturated heterocycles. The van der Waals surface area contributed by atoms with Gasteiger partial charge in [0.25, 0.3) is 0 Å². The van der Waals surface area contributed by atoms with Crippen molar-refractivity contribution in [2.24, 2.45) is 5.92 Å². The molecule has 21 heavy (non-hydrogen) atoms. The minimum atomic E-state index is -1.14. The number of methoxy groups -OCH3 is 1. The van der Waals surface area contributed by atoms with E-state index >= 15 is 0 Å². The Morgan fingerprint density at radius 3 is 2.86 bits per heavy atom. The van der Waals surface area contributed by atoms with E-state index in [-0.39, 0.29) is 18.2 Å². The van der Waals surface area contributed by atoms with Crippen molar-refractivity contribution in [2.75, 3.05) is 13.7 Å². The maximum Gasteiger partial charge on any atom is 0.358 e. The second-order valence-electron chi connectivity index (χ2n) is 4.79. The lowest BCUT2D eigenvalue weighted by molar-refractivity contribution is 0.0691. The molecule has 2 N–H and O–H groups in total. The average molecular weight is 291 g/mol. The van der Waals surface area contributed by atoms with E-state index in [1.807, 2.05) is 6.92 Å². The topological polar surface area (TPSA) is 97.5 Å². The highest BCUT2D eigenvalue weighted by Gasteiger charge is 2.21. The molecular formula is C14H17N3O4. The highest BCUT2D eigenvalue weighted by molar-refractivity contribution is 5.92. The summed E-state index contributed by atoms with van der Waals surface area (Å²) in [5, 5.41) is 26.0. The Bertz CT molecular complexity index is 639. The summed E-state index contributed by atoms with van der Waals surface area (Å²) in [7, 11) is 1.54. The van der Waals surface area contributed by atoms with E-state index in [1.165, 1.54) is 4.68 Å². The predicted molar refractivity (Wildman–Crippen MR) is 75.2 cm³/mol. The molecule has 0 saturated carbocycles. The molecule has 112 valence electrons. The quantitative estimate of drug-likeness (QED) is 0.832. The predicted octanol–water partition coefficient (Wildman–Crippen LogP) is 1.28. The molecule has 7 heteroatoms. The summed E-state index contributed by atoms with van der Waals surface area (Å²) in [6, 6.07) is 7.04. The summed E-state index contributed by atoms with van der Waals surface area (Å²) in [4.78, 5) is 11.3. The van der Waals surface area contributed by atoms with Crippen molar-refractivity contribution in [1.82, 2.24) is 15.0 Å². The van der Waals surface area contributed by atoms with Gasteiger partial charge in [-0.25, -0.2) is 9.48 Å². The summed E-state index contributed by atoms with van der Waals surface area (Å²) in [5.41, 5.74) is 0.942. The summed E-state index contributed by atoms with van der Waals surface area (Å²) in [5.74, 6) is -0.583. The first-order valence-electron chi connectivity index (χ1n) is 6.48. The molecule has 7 nitrogen and oxygen atoms in total. The molecule has 1 unspecified atom stereocenters. The maximum atomic E-state index is 11.3. The molecule has 1 heterocycles.